The zero-order chi connectivity index (χ0) is 20.8. The molecule has 0 amide bonds. The first-order chi connectivity index (χ1) is 14.0. The number of hydrogen-bond donors (Lipinski definition) is 4. The molecule has 0 spiro atoms. The Labute approximate surface area is 173 Å². The van der Waals surface area contributed by atoms with E-state index in [2.05, 4.69) is 20.9 Å². The summed E-state index contributed by atoms with van der Waals surface area (Å²) in [5.41, 5.74) is 2.27. The molecule has 0 aliphatic carbocycles. The first kappa shape index (κ1) is 21.0. The molecule has 2 heterocycles. The fraction of sp³-hybridized carbons (Fsp3) is 0.300. The van der Waals surface area contributed by atoms with Crippen LogP contribution in [-0.2, 0) is 6.54 Å². The Kier molecular flexibility index (Phi) is 7.00. The van der Waals surface area contributed by atoms with Crippen LogP contribution in [0.3, 0.4) is 0 Å². The van der Waals surface area contributed by atoms with Gasteiger partial charge in [-0.2, -0.15) is 0 Å². The number of likely N-dealkylation sites (N-methyl/N-ethyl adjacent to an activating group) is 1. The van der Waals surface area contributed by atoms with Gasteiger partial charge in [0.2, 0.25) is 0 Å². The van der Waals surface area contributed by atoms with Crippen molar-refractivity contribution in [1.29, 1.82) is 5.41 Å². The monoisotopic (exact) mass is 420 g/mol. The normalized spacial score (nSPS) is 13.7. The first-order valence-corrected chi connectivity index (χ1v) is 9.63. The summed E-state index contributed by atoms with van der Waals surface area (Å²) in [6.45, 7) is 2.83. The fourth-order valence-electron chi connectivity index (χ4n) is 3.07. The van der Waals surface area contributed by atoms with Crippen LogP contribution in [0.25, 0.3) is 5.57 Å². The standard InChI is InChI=1S/C20H23ClF2N6/c1-25-4-5-26-10-14(9-24)13-8-18-20(28-11-13)27-6-7-29(18)12-15-16(22)2-3-17(23)19(15)21/h2-3,8-11,24-26H,4-7,12H2,1H3,(H,27,28)/b14-10+,24-9?. The summed E-state index contributed by atoms with van der Waals surface area (Å²) in [5, 5.41) is 16.9. The molecule has 1 aliphatic rings. The summed E-state index contributed by atoms with van der Waals surface area (Å²) < 4.78 is 28.1. The molecule has 2 aromatic rings. The molecule has 154 valence electrons. The highest BCUT2D eigenvalue weighted by Gasteiger charge is 2.22. The summed E-state index contributed by atoms with van der Waals surface area (Å²) >= 11 is 6.01. The second-order valence-corrected chi connectivity index (χ2v) is 6.94. The first-order valence-electron chi connectivity index (χ1n) is 9.25. The summed E-state index contributed by atoms with van der Waals surface area (Å²) in [7, 11) is 1.87. The van der Waals surface area contributed by atoms with E-state index in [-0.39, 0.29) is 17.1 Å². The van der Waals surface area contributed by atoms with E-state index < -0.39 is 11.6 Å². The number of nitrogens with one attached hydrogen (secondary N) is 4. The quantitative estimate of drug-likeness (QED) is 0.299. The minimum atomic E-state index is -0.646. The topological polar surface area (TPSA) is 76.1 Å². The van der Waals surface area contributed by atoms with Crippen molar-refractivity contribution in [3.63, 3.8) is 0 Å². The third-order valence-electron chi connectivity index (χ3n) is 4.64. The fourth-order valence-corrected chi connectivity index (χ4v) is 3.29. The van der Waals surface area contributed by atoms with Crippen LogP contribution in [0.1, 0.15) is 11.1 Å². The molecule has 1 aromatic heterocycles. The van der Waals surface area contributed by atoms with Gasteiger partial charge in [-0.15, -0.1) is 0 Å². The molecular formula is C20H23ClF2N6. The van der Waals surface area contributed by atoms with Gasteiger partial charge in [-0.05, 0) is 25.2 Å². The molecule has 0 saturated heterocycles. The maximum Gasteiger partial charge on any atom is 0.149 e. The van der Waals surface area contributed by atoms with Gasteiger partial charge in [0.1, 0.15) is 17.5 Å². The highest BCUT2D eigenvalue weighted by Crippen LogP contribution is 2.33. The number of aromatic nitrogens is 1. The van der Waals surface area contributed by atoms with Crippen LogP contribution in [-0.4, -0.2) is 44.4 Å². The molecule has 9 heteroatoms. The van der Waals surface area contributed by atoms with Crippen LogP contribution < -0.4 is 20.9 Å². The second-order valence-electron chi connectivity index (χ2n) is 6.56. The van der Waals surface area contributed by atoms with Gasteiger partial charge >= 0.3 is 0 Å². The van der Waals surface area contributed by atoms with E-state index in [1.54, 1.807) is 12.4 Å². The van der Waals surface area contributed by atoms with E-state index in [1.807, 2.05) is 18.0 Å². The van der Waals surface area contributed by atoms with E-state index in [0.717, 1.165) is 36.5 Å². The third-order valence-corrected chi connectivity index (χ3v) is 5.04. The number of hydrogen-bond acceptors (Lipinski definition) is 6. The maximum atomic E-state index is 14.3. The molecule has 0 bridgehead atoms. The average molecular weight is 421 g/mol. The lowest BCUT2D eigenvalue weighted by Gasteiger charge is -2.32. The molecule has 0 radical (unpaired) electrons. The number of fused-ring (bicyclic) bond motifs is 1. The Morgan fingerprint density at radius 1 is 1.34 bits per heavy atom. The van der Waals surface area contributed by atoms with Crippen molar-refractivity contribution >= 4 is 34.9 Å². The molecule has 1 aliphatic heterocycles. The average Bonchev–Trinajstić information content (AvgIpc) is 2.74. The Balaban J connectivity index is 1.90. The molecule has 3 rings (SSSR count). The van der Waals surface area contributed by atoms with Crippen molar-refractivity contribution in [2.24, 2.45) is 0 Å². The minimum absolute atomic E-state index is 0.112. The van der Waals surface area contributed by atoms with E-state index in [1.165, 1.54) is 6.21 Å². The zero-order valence-corrected chi connectivity index (χ0v) is 16.8. The van der Waals surface area contributed by atoms with Crippen LogP contribution in [0.5, 0.6) is 0 Å². The molecule has 0 unspecified atom stereocenters. The zero-order valence-electron chi connectivity index (χ0n) is 16.0. The number of pyridine rings is 1. The van der Waals surface area contributed by atoms with Gasteiger partial charge in [-0.25, -0.2) is 13.8 Å². The Bertz CT molecular complexity index is 918. The highest BCUT2D eigenvalue weighted by molar-refractivity contribution is 6.31. The second kappa shape index (κ2) is 9.67. The van der Waals surface area contributed by atoms with Crippen LogP contribution >= 0.6 is 11.6 Å². The highest BCUT2D eigenvalue weighted by atomic mass is 35.5. The summed E-state index contributed by atoms with van der Waals surface area (Å²) in [4.78, 5) is 6.35. The summed E-state index contributed by atoms with van der Waals surface area (Å²) in [6, 6.07) is 3.99. The molecule has 4 N–H and O–H groups in total. The van der Waals surface area contributed by atoms with E-state index >= 15 is 0 Å². The van der Waals surface area contributed by atoms with Crippen molar-refractivity contribution < 1.29 is 8.78 Å². The smallest absolute Gasteiger partial charge is 0.149 e. The molecule has 29 heavy (non-hydrogen) atoms. The Morgan fingerprint density at radius 2 is 2.14 bits per heavy atom. The largest absolute Gasteiger partial charge is 0.389 e. The van der Waals surface area contributed by atoms with Gasteiger partial charge in [0.25, 0.3) is 0 Å². The number of nitrogens with zero attached hydrogens (tertiary/aromatic N) is 2. The number of benzene rings is 1. The molecule has 6 nitrogen and oxygen atoms in total. The van der Waals surface area contributed by atoms with Crippen molar-refractivity contribution in [2.45, 2.75) is 6.54 Å². The summed E-state index contributed by atoms with van der Waals surface area (Å²) in [5.74, 6) is -0.540. The van der Waals surface area contributed by atoms with Gasteiger partial charge in [-0.3, -0.25) is 0 Å². The van der Waals surface area contributed by atoms with Crippen molar-refractivity contribution in [2.75, 3.05) is 43.4 Å². The van der Waals surface area contributed by atoms with E-state index in [4.69, 9.17) is 17.0 Å². The number of anilines is 2. The Hall–Kier alpha value is -2.71. The van der Waals surface area contributed by atoms with Gasteiger partial charge in [0.05, 0.1) is 10.7 Å². The lowest BCUT2D eigenvalue weighted by molar-refractivity contribution is 0.581. The third kappa shape index (κ3) is 4.83. The SMILES string of the molecule is CNCCN/C=C(\C=N)c1cnc2c(c1)N(Cc1c(F)ccc(F)c1Cl)CCN2. The van der Waals surface area contributed by atoms with Crippen molar-refractivity contribution in [3.05, 3.63) is 58.4 Å². The van der Waals surface area contributed by atoms with Gasteiger partial charge in [-0.1, -0.05) is 11.6 Å². The molecule has 1 aromatic carbocycles. The predicted octanol–water partition coefficient (Wildman–Crippen LogP) is 3.24. The van der Waals surface area contributed by atoms with Gasteiger partial charge in [0, 0.05) is 68.0 Å². The number of halogens is 3. The van der Waals surface area contributed by atoms with Crippen LogP contribution in [0.15, 0.2) is 30.6 Å². The van der Waals surface area contributed by atoms with Crippen LogP contribution in [0, 0.1) is 17.0 Å². The number of rotatable bonds is 8. The minimum Gasteiger partial charge on any atom is -0.389 e. The lowest BCUT2D eigenvalue weighted by Crippen LogP contribution is -2.34. The maximum absolute atomic E-state index is 14.3. The van der Waals surface area contributed by atoms with E-state index in [0.29, 0.717) is 24.5 Å². The van der Waals surface area contributed by atoms with Gasteiger partial charge in [0.15, 0.2) is 0 Å². The lowest BCUT2D eigenvalue weighted by atomic mass is 10.1. The molecule has 0 atom stereocenters. The summed E-state index contributed by atoms with van der Waals surface area (Å²) in [6.07, 6.45) is 4.69. The Morgan fingerprint density at radius 3 is 2.90 bits per heavy atom. The van der Waals surface area contributed by atoms with E-state index in [9.17, 15) is 8.78 Å². The molecule has 0 fully saturated rings. The molecular weight excluding hydrogens is 398 g/mol. The van der Waals surface area contributed by atoms with Gasteiger partial charge < -0.3 is 26.3 Å². The van der Waals surface area contributed by atoms with Crippen molar-refractivity contribution in [3.8, 4) is 0 Å². The van der Waals surface area contributed by atoms with Crippen LogP contribution in [0.4, 0.5) is 20.3 Å². The molecule has 0 saturated carbocycles. The number of allylic oxidation sites excluding steroid dienone is 1. The van der Waals surface area contributed by atoms with Crippen LogP contribution in [0.2, 0.25) is 5.02 Å². The van der Waals surface area contributed by atoms with Crippen molar-refractivity contribution in [1.82, 2.24) is 15.6 Å². The predicted molar refractivity (Wildman–Crippen MR) is 114 cm³/mol.